The van der Waals surface area contributed by atoms with E-state index in [4.69, 9.17) is 17.3 Å². The van der Waals surface area contributed by atoms with Crippen LogP contribution in [0.5, 0.6) is 0 Å². The van der Waals surface area contributed by atoms with Crippen LogP contribution in [-0.4, -0.2) is 11.8 Å². The van der Waals surface area contributed by atoms with Gasteiger partial charge in [-0.05, 0) is 30.7 Å². The summed E-state index contributed by atoms with van der Waals surface area (Å²) in [5.74, 6) is -1.16. The predicted molar refractivity (Wildman–Crippen MR) is 67.8 cm³/mol. The molecule has 1 atom stereocenters. The largest absolute Gasteiger partial charge is 0.370 e. The Bertz CT molecular complexity index is 446. The number of carbonyl (C=O) groups excluding carboxylic acids is 2. The summed E-state index contributed by atoms with van der Waals surface area (Å²) in [5, 5.41) is 3.35. The lowest BCUT2D eigenvalue weighted by atomic mass is 10.1. The van der Waals surface area contributed by atoms with Crippen LogP contribution in [0, 0.1) is 12.8 Å². The van der Waals surface area contributed by atoms with Gasteiger partial charge in [0.2, 0.25) is 11.8 Å². The third-order valence-electron chi connectivity index (χ3n) is 2.40. The average Bonchev–Trinajstić information content (AvgIpc) is 2.21. The first-order valence-electron chi connectivity index (χ1n) is 5.25. The highest BCUT2D eigenvalue weighted by Gasteiger charge is 2.16. The maximum Gasteiger partial charge on any atom is 0.227 e. The summed E-state index contributed by atoms with van der Waals surface area (Å²) in [7, 11) is 0. The second-order valence-electron chi connectivity index (χ2n) is 4.02. The van der Waals surface area contributed by atoms with Crippen molar-refractivity contribution in [2.45, 2.75) is 20.3 Å². The van der Waals surface area contributed by atoms with Gasteiger partial charge in [0.15, 0.2) is 0 Å². The first-order chi connectivity index (χ1) is 7.90. The lowest BCUT2D eigenvalue weighted by molar-refractivity contribution is -0.125. The van der Waals surface area contributed by atoms with Crippen molar-refractivity contribution >= 4 is 29.1 Å². The topological polar surface area (TPSA) is 72.2 Å². The molecule has 0 heterocycles. The number of benzene rings is 1. The van der Waals surface area contributed by atoms with Crippen LogP contribution >= 0.6 is 11.6 Å². The lowest BCUT2D eigenvalue weighted by Crippen LogP contribution is -2.25. The van der Waals surface area contributed by atoms with Crippen molar-refractivity contribution in [1.29, 1.82) is 0 Å². The van der Waals surface area contributed by atoms with Gasteiger partial charge in [0, 0.05) is 23.0 Å². The molecule has 0 aliphatic heterocycles. The summed E-state index contributed by atoms with van der Waals surface area (Å²) in [4.78, 5) is 22.4. The second-order valence-corrected chi connectivity index (χ2v) is 4.46. The Morgan fingerprint density at radius 2 is 2.12 bits per heavy atom. The van der Waals surface area contributed by atoms with E-state index in [9.17, 15) is 9.59 Å². The van der Waals surface area contributed by atoms with E-state index >= 15 is 0 Å². The van der Waals surface area contributed by atoms with Crippen molar-refractivity contribution < 1.29 is 9.59 Å². The standard InChI is InChI=1S/C12H15ClN2O2/c1-7-5-9(13)3-4-10(7)15-12(17)8(2)6-11(14)16/h3-5,8H,6H2,1-2H3,(H2,14,16)(H,15,17). The smallest absolute Gasteiger partial charge is 0.227 e. The van der Waals surface area contributed by atoms with Gasteiger partial charge in [-0.2, -0.15) is 0 Å². The number of carbonyl (C=O) groups is 2. The Labute approximate surface area is 105 Å². The van der Waals surface area contributed by atoms with E-state index in [1.165, 1.54) is 0 Å². The molecule has 1 aromatic carbocycles. The van der Waals surface area contributed by atoms with Gasteiger partial charge in [-0.15, -0.1) is 0 Å². The van der Waals surface area contributed by atoms with Crippen LogP contribution in [-0.2, 0) is 9.59 Å². The number of aryl methyl sites for hydroxylation is 1. The van der Waals surface area contributed by atoms with Gasteiger partial charge in [0.05, 0.1) is 0 Å². The minimum Gasteiger partial charge on any atom is -0.370 e. The maximum absolute atomic E-state index is 11.7. The van der Waals surface area contributed by atoms with Crippen LogP contribution in [0.1, 0.15) is 18.9 Å². The van der Waals surface area contributed by atoms with Gasteiger partial charge in [-0.25, -0.2) is 0 Å². The molecule has 1 rings (SSSR count). The Morgan fingerprint density at radius 1 is 1.47 bits per heavy atom. The monoisotopic (exact) mass is 254 g/mol. The average molecular weight is 255 g/mol. The zero-order valence-electron chi connectivity index (χ0n) is 9.79. The molecule has 0 saturated heterocycles. The van der Waals surface area contributed by atoms with Gasteiger partial charge >= 0.3 is 0 Å². The molecule has 17 heavy (non-hydrogen) atoms. The zero-order valence-corrected chi connectivity index (χ0v) is 10.5. The normalized spacial score (nSPS) is 11.9. The molecule has 5 heteroatoms. The zero-order chi connectivity index (χ0) is 13.0. The van der Waals surface area contributed by atoms with Gasteiger partial charge in [0.25, 0.3) is 0 Å². The Hall–Kier alpha value is -1.55. The van der Waals surface area contributed by atoms with E-state index in [0.29, 0.717) is 10.7 Å². The molecule has 2 amide bonds. The number of halogens is 1. The van der Waals surface area contributed by atoms with Gasteiger partial charge < -0.3 is 11.1 Å². The van der Waals surface area contributed by atoms with E-state index < -0.39 is 11.8 Å². The first-order valence-corrected chi connectivity index (χ1v) is 5.63. The molecule has 0 radical (unpaired) electrons. The maximum atomic E-state index is 11.7. The van der Waals surface area contributed by atoms with E-state index in [1.807, 2.05) is 6.92 Å². The highest BCUT2D eigenvalue weighted by Crippen LogP contribution is 2.20. The minimum absolute atomic E-state index is 0.0401. The van der Waals surface area contributed by atoms with Gasteiger partial charge in [0.1, 0.15) is 0 Å². The molecule has 0 aromatic heterocycles. The first kappa shape index (κ1) is 13.5. The fraction of sp³-hybridized carbons (Fsp3) is 0.333. The van der Waals surface area contributed by atoms with Crippen molar-refractivity contribution in [2.75, 3.05) is 5.32 Å². The van der Waals surface area contributed by atoms with Crippen LogP contribution in [0.15, 0.2) is 18.2 Å². The van der Waals surface area contributed by atoms with Crippen LogP contribution in [0.25, 0.3) is 0 Å². The van der Waals surface area contributed by atoms with Crippen molar-refractivity contribution in [1.82, 2.24) is 0 Å². The summed E-state index contributed by atoms with van der Waals surface area (Å²) in [6, 6.07) is 5.19. The van der Waals surface area contributed by atoms with E-state index in [0.717, 1.165) is 5.56 Å². The third kappa shape index (κ3) is 4.07. The predicted octanol–water partition coefficient (Wildman–Crippen LogP) is 2.10. The molecule has 3 N–H and O–H groups in total. The number of anilines is 1. The molecular formula is C12H15ClN2O2. The molecule has 0 aliphatic carbocycles. The fourth-order valence-electron chi connectivity index (χ4n) is 1.42. The number of hydrogen-bond donors (Lipinski definition) is 2. The fourth-order valence-corrected chi connectivity index (χ4v) is 1.64. The molecule has 4 nitrogen and oxygen atoms in total. The summed E-state index contributed by atoms with van der Waals surface area (Å²) in [5.41, 5.74) is 6.60. The van der Waals surface area contributed by atoms with Crippen molar-refractivity contribution in [2.24, 2.45) is 11.7 Å². The molecule has 0 fully saturated rings. The highest BCUT2D eigenvalue weighted by molar-refractivity contribution is 6.30. The summed E-state index contributed by atoms with van der Waals surface area (Å²) in [6.45, 7) is 3.51. The third-order valence-corrected chi connectivity index (χ3v) is 2.64. The van der Waals surface area contributed by atoms with Gasteiger partial charge in [-0.1, -0.05) is 18.5 Å². The van der Waals surface area contributed by atoms with Gasteiger partial charge in [-0.3, -0.25) is 9.59 Å². The quantitative estimate of drug-likeness (QED) is 0.864. The van der Waals surface area contributed by atoms with Crippen LogP contribution in [0.4, 0.5) is 5.69 Å². The number of amides is 2. The summed E-state index contributed by atoms with van der Waals surface area (Å²) in [6.07, 6.45) is 0.0401. The second kappa shape index (κ2) is 5.68. The number of nitrogens with one attached hydrogen (secondary N) is 1. The van der Waals surface area contributed by atoms with E-state index in [2.05, 4.69) is 5.32 Å². The van der Waals surface area contributed by atoms with Crippen molar-refractivity contribution in [3.8, 4) is 0 Å². The molecule has 0 saturated carbocycles. The molecule has 0 bridgehead atoms. The van der Waals surface area contributed by atoms with Crippen molar-refractivity contribution in [3.05, 3.63) is 28.8 Å². The Morgan fingerprint density at radius 3 is 2.65 bits per heavy atom. The number of hydrogen-bond acceptors (Lipinski definition) is 2. The summed E-state index contributed by atoms with van der Waals surface area (Å²) < 4.78 is 0. The van der Waals surface area contributed by atoms with Crippen LogP contribution < -0.4 is 11.1 Å². The number of primary amides is 1. The Kier molecular flexibility index (Phi) is 4.52. The highest BCUT2D eigenvalue weighted by atomic mass is 35.5. The molecular weight excluding hydrogens is 240 g/mol. The molecule has 1 aromatic rings. The lowest BCUT2D eigenvalue weighted by Gasteiger charge is -2.12. The number of rotatable bonds is 4. The van der Waals surface area contributed by atoms with E-state index in [1.54, 1.807) is 25.1 Å². The van der Waals surface area contributed by atoms with Crippen LogP contribution in [0.3, 0.4) is 0 Å². The van der Waals surface area contributed by atoms with Crippen LogP contribution in [0.2, 0.25) is 5.02 Å². The number of nitrogens with two attached hydrogens (primary N) is 1. The van der Waals surface area contributed by atoms with E-state index in [-0.39, 0.29) is 12.3 Å². The van der Waals surface area contributed by atoms with Crippen molar-refractivity contribution in [3.63, 3.8) is 0 Å². The molecule has 1 unspecified atom stereocenters. The Balaban J connectivity index is 2.71. The minimum atomic E-state index is -0.486. The molecule has 0 spiro atoms. The molecule has 0 aliphatic rings. The molecule has 92 valence electrons. The summed E-state index contributed by atoms with van der Waals surface area (Å²) >= 11 is 5.81. The SMILES string of the molecule is Cc1cc(Cl)ccc1NC(=O)C(C)CC(N)=O.